The minimum atomic E-state index is -0.902. The summed E-state index contributed by atoms with van der Waals surface area (Å²) in [6, 6.07) is 7.80. The summed E-state index contributed by atoms with van der Waals surface area (Å²) in [5.74, 6) is 1.06. The highest BCUT2D eigenvalue weighted by Crippen LogP contribution is 2.16. The van der Waals surface area contributed by atoms with Crippen molar-refractivity contribution in [1.82, 2.24) is 4.98 Å². The van der Waals surface area contributed by atoms with Gasteiger partial charge in [-0.3, -0.25) is 4.79 Å². The second kappa shape index (κ2) is 6.23. The summed E-state index contributed by atoms with van der Waals surface area (Å²) < 4.78 is 10.7. The number of aliphatic carboxylic acids is 1. The van der Waals surface area contributed by atoms with Gasteiger partial charge in [0, 0.05) is 6.42 Å². The minimum Gasteiger partial charge on any atom is -0.497 e. The number of ether oxygens (including phenoxy) is 1. The molecule has 106 valence electrons. The quantitative estimate of drug-likeness (QED) is 0.876. The minimum absolute atomic E-state index is 0.103. The Morgan fingerprint density at radius 1 is 1.40 bits per heavy atom. The summed E-state index contributed by atoms with van der Waals surface area (Å²) in [7, 11) is 1.63. The Kier molecular flexibility index (Phi) is 4.40. The summed E-state index contributed by atoms with van der Waals surface area (Å²) in [5.41, 5.74) is 1.62. The van der Waals surface area contributed by atoms with Crippen molar-refractivity contribution in [2.45, 2.75) is 26.2 Å². The first kappa shape index (κ1) is 14.1. The van der Waals surface area contributed by atoms with Crippen LogP contribution in [-0.2, 0) is 24.1 Å². The summed E-state index contributed by atoms with van der Waals surface area (Å²) >= 11 is 0. The zero-order valence-corrected chi connectivity index (χ0v) is 11.5. The molecule has 0 saturated carbocycles. The zero-order valence-electron chi connectivity index (χ0n) is 11.5. The first-order chi connectivity index (χ1) is 9.58. The van der Waals surface area contributed by atoms with Gasteiger partial charge in [-0.05, 0) is 31.0 Å². The molecule has 0 atom stereocenters. The highest BCUT2D eigenvalue weighted by atomic mass is 16.5. The molecule has 0 fully saturated rings. The van der Waals surface area contributed by atoms with Crippen LogP contribution in [0.15, 0.2) is 28.7 Å². The third kappa shape index (κ3) is 3.60. The smallest absolute Gasteiger partial charge is 0.309 e. The molecule has 1 N–H and O–H groups in total. The lowest BCUT2D eigenvalue weighted by molar-refractivity contribution is -0.136. The Morgan fingerprint density at radius 2 is 2.20 bits per heavy atom. The molecule has 20 heavy (non-hydrogen) atoms. The van der Waals surface area contributed by atoms with E-state index < -0.39 is 5.97 Å². The van der Waals surface area contributed by atoms with Crippen LogP contribution in [0.4, 0.5) is 0 Å². The van der Waals surface area contributed by atoms with E-state index in [0.717, 1.165) is 17.7 Å². The Labute approximate surface area is 117 Å². The predicted molar refractivity (Wildman–Crippen MR) is 73.0 cm³/mol. The van der Waals surface area contributed by atoms with Crippen molar-refractivity contribution in [3.8, 4) is 5.75 Å². The van der Waals surface area contributed by atoms with E-state index in [1.165, 1.54) is 0 Å². The van der Waals surface area contributed by atoms with Crippen LogP contribution >= 0.6 is 0 Å². The largest absolute Gasteiger partial charge is 0.497 e. The van der Waals surface area contributed by atoms with E-state index in [2.05, 4.69) is 4.98 Å². The number of hydrogen-bond acceptors (Lipinski definition) is 4. The standard InChI is InChI=1S/C15H17NO4/c1-10-13(9-15(17)18)16-14(20-10)7-6-11-4-3-5-12(8-11)19-2/h3-5,8H,6-7,9H2,1-2H3,(H,17,18). The fraction of sp³-hybridized carbons (Fsp3) is 0.333. The number of carboxylic acids is 1. The molecule has 0 radical (unpaired) electrons. The molecular formula is C15H17NO4. The van der Waals surface area contributed by atoms with Gasteiger partial charge in [0.2, 0.25) is 0 Å². The van der Waals surface area contributed by atoms with Crippen molar-refractivity contribution in [1.29, 1.82) is 0 Å². The van der Waals surface area contributed by atoms with Crippen LogP contribution in [-0.4, -0.2) is 23.2 Å². The van der Waals surface area contributed by atoms with Crippen LogP contribution in [0.25, 0.3) is 0 Å². The summed E-state index contributed by atoms with van der Waals surface area (Å²) in [6.45, 7) is 1.74. The second-order valence-electron chi connectivity index (χ2n) is 4.53. The highest BCUT2D eigenvalue weighted by molar-refractivity contribution is 5.69. The molecule has 0 saturated heterocycles. The first-order valence-electron chi connectivity index (χ1n) is 6.38. The van der Waals surface area contributed by atoms with Gasteiger partial charge in [-0.15, -0.1) is 0 Å². The number of carbonyl (C=O) groups is 1. The Balaban J connectivity index is 2.01. The third-order valence-electron chi connectivity index (χ3n) is 3.02. The molecule has 2 aromatic rings. The van der Waals surface area contributed by atoms with Crippen LogP contribution in [0.5, 0.6) is 5.75 Å². The maximum absolute atomic E-state index is 10.7. The third-order valence-corrected chi connectivity index (χ3v) is 3.02. The number of benzene rings is 1. The van der Waals surface area contributed by atoms with Crippen molar-refractivity contribution >= 4 is 5.97 Å². The number of hydrogen-bond donors (Lipinski definition) is 1. The highest BCUT2D eigenvalue weighted by Gasteiger charge is 2.12. The topological polar surface area (TPSA) is 72.6 Å². The SMILES string of the molecule is COc1cccc(CCc2nc(CC(=O)O)c(C)o2)c1. The Morgan fingerprint density at radius 3 is 2.90 bits per heavy atom. The molecule has 2 rings (SSSR count). The van der Waals surface area contributed by atoms with Crippen LogP contribution < -0.4 is 4.74 Å². The summed E-state index contributed by atoms with van der Waals surface area (Å²) in [6.07, 6.45) is 1.30. The maximum Gasteiger partial charge on any atom is 0.309 e. The van der Waals surface area contributed by atoms with Gasteiger partial charge in [-0.1, -0.05) is 12.1 Å². The number of rotatable bonds is 6. The van der Waals surface area contributed by atoms with Crippen molar-refractivity contribution in [3.05, 3.63) is 47.2 Å². The van der Waals surface area contributed by atoms with Gasteiger partial charge in [0.25, 0.3) is 0 Å². The van der Waals surface area contributed by atoms with Crippen LogP contribution in [0.1, 0.15) is 22.9 Å². The Bertz CT molecular complexity index is 604. The number of methoxy groups -OCH3 is 1. The van der Waals surface area contributed by atoms with Crippen molar-refractivity contribution in [3.63, 3.8) is 0 Å². The van der Waals surface area contributed by atoms with Crippen LogP contribution in [0.2, 0.25) is 0 Å². The maximum atomic E-state index is 10.7. The fourth-order valence-electron chi connectivity index (χ4n) is 1.98. The fourth-order valence-corrected chi connectivity index (χ4v) is 1.98. The van der Waals surface area contributed by atoms with Gasteiger partial charge in [0.05, 0.1) is 19.2 Å². The average Bonchev–Trinajstić information content (AvgIpc) is 2.76. The van der Waals surface area contributed by atoms with Crippen molar-refractivity contribution in [2.75, 3.05) is 7.11 Å². The molecule has 0 spiro atoms. The molecule has 0 unspecified atom stereocenters. The molecule has 0 aliphatic heterocycles. The number of aromatic nitrogens is 1. The number of aryl methyl sites for hydroxylation is 3. The Hall–Kier alpha value is -2.30. The molecule has 1 aromatic carbocycles. The summed E-state index contributed by atoms with van der Waals surface area (Å²) in [4.78, 5) is 14.9. The van der Waals surface area contributed by atoms with E-state index in [4.69, 9.17) is 14.3 Å². The molecule has 0 bridgehead atoms. The zero-order chi connectivity index (χ0) is 14.5. The van der Waals surface area contributed by atoms with Crippen LogP contribution in [0.3, 0.4) is 0 Å². The molecule has 1 aromatic heterocycles. The van der Waals surface area contributed by atoms with Gasteiger partial charge in [-0.25, -0.2) is 4.98 Å². The molecule has 5 heteroatoms. The van der Waals surface area contributed by atoms with E-state index in [1.807, 2.05) is 24.3 Å². The molecular weight excluding hydrogens is 258 g/mol. The summed E-state index contributed by atoms with van der Waals surface area (Å²) in [5, 5.41) is 8.77. The number of nitrogens with zero attached hydrogens (tertiary/aromatic N) is 1. The molecule has 0 aliphatic carbocycles. The molecule has 0 amide bonds. The van der Waals surface area contributed by atoms with Gasteiger partial charge in [0.1, 0.15) is 11.5 Å². The second-order valence-corrected chi connectivity index (χ2v) is 4.53. The lowest BCUT2D eigenvalue weighted by Crippen LogP contribution is -2.02. The van der Waals surface area contributed by atoms with Gasteiger partial charge < -0.3 is 14.3 Å². The van der Waals surface area contributed by atoms with Gasteiger partial charge in [0.15, 0.2) is 5.89 Å². The van der Waals surface area contributed by atoms with Crippen molar-refractivity contribution < 1.29 is 19.1 Å². The normalized spacial score (nSPS) is 10.5. The molecule has 1 heterocycles. The van der Waals surface area contributed by atoms with Crippen LogP contribution in [0, 0.1) is 6.92 Å². The van der Waals surface area contributed by atoms with Crippen molar-refractivity contribution in [2.24, 2.45) is 0 Å². The molecule has 5 nitrogen and oxygen atoms in total. The van der Waals surface area contributed by atoms with E-state index in [0.29, 0.717) is 23.8 Å². The van der Waals surface area contributed by atoms with Gasteiger partial charge in [-0.2, -0.15) is 0 Å². The monoisotopic (exact) mass is 275 g/mol. The number of carboxylic acid groups (broad SMARTS) is 1. The molecule has 0 aliphatic rings. The van der Waals surface area contributed by atoms with E-state index in [-0.39, 0.29) is 6.42 Å². The average molecular weight is 275 g/mol. The number of oxazole rings is 1. The van der Waals surface area contributed by atoms with E-state index >= 15 is 0 Å². The predicted octanol–water partition coefficient (Wildman–Crippen LogP) is 2.40. The first-order valence-corrected chi connectivity index (χ1v) is 6.38. The lowest BCUT2D eigenvalue weighted by atomic mass is 10.1. The lowest BCUT2D eigenvalue weighted by Gasteiger charge is -2.02. The van der Waals surface area contributed by atoms with E-state index in [1.54, 1.807) is 14.0 Å². The van der Waals surface area contributed by atoms with Gasteiger partial charge >= 0.3 is 5.97 Å². The van der Waals surface area contributed by atoms with E-state index in [9.17, 15) is 4.79 Å².